The third-order valence-corrected chi connectivity index (χ3v) is 5.50. The van der Waals surface area contributed by atoms with Crippen molar-refractivity contribution in [2.24, 2.45) is 5.41 Å². The lowest BCUT2D eigenvalue weighted by atomic mass is 9.93. The number of ether oxygens (including phenoxy) is 1. The lowest BCUT2D eigenvalue weighted by Crippen LogP contribution is -2.43. The molecule has 1 saturated heterocycles. The van der Waals surface area contributed by atoms with E-state index >= 15 is 0 Å². The Bertz CT molecular complexity index is 890. The van der Waals surface area contributed by atoms with Crippen molar-refractivity contribution < 1.29 is 22.7 Å². The van der Waals surface area contributed by atoms with Crippen molar-refractivity contribution in [3.63, 3.8) is 0 Å². The Labute approximate surface area is 175 Å². The van der Waals surface area contributed by atoms with Crippen molar-refractivity contribution in [3.05, 3.63) is 42.0 Å². The number of fused-ring (bicyclic) bond motifs is 1. The fraction of sp³-hybridized carbons (Fsp3) is 0.522. The highest BCUT2D eigenvalue weighted by molar-refractivity contribution is 5.92. The molecule has 2 aromatic carbocycles. The SMILES string of the molecule is CCCCCCOc1cccc2cccc([C@H](N3CC(C)(C)C(=O)N3)C(F)(F)F)c12. The van der Waals surface area contributed by atoms with Crippen LogP contribution in [0.2, 0.25) is 0 Å². The first kappa shape index (κ1) is 22.4. The first-order valence-corrected chi connectivity index (χ1v) is 10.4. The molecule has 1 aliphatic rings. The summed E-state index contributed by atoms with van der Waals surface area (Å²) in [5.74, 6) is 0.0306. The average Bonchev–Trinajstić information content (AvgIpc) is 2.92. The van der Waals surface area contributed by atoms with E-state index < -0.39 is 23.5 Å². The third-order valence-electron chi connectivity index (χ3n) is 5.50. The number of carbonyl (C=O) groups is 1. The van der Waals surface area contributed by atoms with Gasteiger partial charge in [0.15, 0.2) is 6.04 Å². The molecule has 1 heterocycles. The van der Waals surface area contributed by atoms with E-state index in [0.717, 1.165) is 30.7 Å². The Morgan fingerprint density at radius 1 is 1.13 bits per heavy atom. The lowest BCUT2D eigenvalue weighted by molar-refractivity contribution is -0.191. The molecule has 2 aromatic rings. The lowest BCUT2D eigenvalue weighted by Gasteiger charge is -2.31. The van der Waals surface area contributed by atoms with Crippen LogP contribution in [0.1, 0.15) is 58.1 Å². The number of benzene rings is 2. The molecule has 1 atom stereocenters. The molecular weight excluding hydrogens is 393 g/mol. The molecule has 7 heteroatoms. The van der Waals surface area contributed by atoms with Crippen molar-refractivity contribution in [1.82, 2.24) is 10.4 Å². The molecule has 0 radical (unpaired) electrons. The van der Waals surface area contributed by atoms with E-state index in [9.17, 15) is 18.0 Å². The molecule has 3 rings (SSSR count). The average molecular weight is 422 g/mol. The van der Waals surface area contributed by atoms with Gasteiger partial charge in [-0.25, -0.2) is 5.01 Å². The monoisotopic (exact) mass is 422 g/mol. The van der Waals surface area contributed by atoms with Gasteiger partial charge in [0.2, 0.25) is 5.91 Å². The van der Waals surface area contributed by atoms with Crippen molar-refractivity contribution in [2.45, 2.75) is 58.7 Å². The van der Waals surface area contributed by atoms with Crippen LogP contribution in [-0.2, 0) is 4.79 Å². The van der Waals surface area contributed by atoms with Crippen LogP contribution in [0.3, 0.4) is 0 Å². The van der Waals surface area contributed by atoms with E-state index in [4.69, 9.17) is 4.74 Å². The Morgan fingerprint density at radius 2 is 1.83 bits per heavy atom. The van der Waals surface area contributed by atoms with Crippen molar-refractivity contribution in [1.29, 1.82) is 0 Å². The minimum Gasteiger partial charge on any atom is -0.493 e. The molecule has 1 amide bonds. The van der Waals surface area contributed by atoms with E-state index in [-0.39, 0.29) is 12.1 Å². The molecule has 0 aliphatic carbocycles. The fourth-order valence-corrected chi connectivity index (χ4v) is 3.89. The van der Waals surface area contributed by atoms with Gasteiger partial charge in [0.1, 0.15) is 5.75 Å². The van der Waals surface area contributed by atoms with Crippen LogP contribution in [0, 0.1) is 5.41 Å². The summed E-state index contributed by atoms with van der Waals surface area (Å²) in [5, 5.41) is 2.13. The maximum Gasteiger partial charge on any atom is 0.409 e. The number of hydrogen-bond acceptors (Lipinski definition) is 3. The van der Waals surface area contributed by atoms with E-state index in [1.165, 1.54) is 6.07 Å². The largest absolute Gasteiger partial charge is 0.493 e. The molecule has 4 nitrogen and oxygen atoms in total. The number of rotatable bonds is 8. The van der Waals surface area contributed by atoms with Gasteiger partial charge in [0.05, 0.1) is 12.0 Å². The maximum absolute atomic E-state index is 14.3. The molecule has 0 spiro atoms. The van der Waals surface area contributed by atoms with E-state index in [1.54, 1.807) is 44.2 Å². The summed E-state index contributed by atoms with van der Waals surface area (Å²) in [4.78, 5) is 12.2. The topological polar surface area (TPSA) is 41.6 Å². The zero-order chi connectivity index (χ0) is 21.9. The highest BCUT2D eigenvalue weighted by Gasteiger charge is 2.51. The second kappa shape index (κ2) is 8.84. The maximum atomic E-state index is 14.3. The Morgan fingerprint density at radius 3 is 2.43 bits per heavy atom. The minimum atomic E-state index is -4.57. The smallest absolute Gasteiger partial charge is 0.409 e. The van der Waals surface area contributed by atoms with Gasteiger partial charge in [0, 0.05) is 11.9 Å². The van der Waals surface area contributed by atoms with Gasteiger partial charge in [-0.15, -0.1) is 0 Å². The van der Waals surface area contributed by atoms with E-state index in [1.807, 2.05) is 0 Å². The normalized spacial score (nSPS) is 17.9. The summed E-state index contributed by atoms with van der Waals surface area (Å²) in [6, 6.07) is 8.19. The molecular formula is C23H29F3N2O2. The zero-order valence-electron chi connectivity index (χ0n) is 17.7. The van der Waals surface area contributed by atoms with Gasteiger partial charge < -0.3 is 4.74 Å². The van der Waals surface area contributed by atoms with Gasteiger partial charge >= 0.3 is 6.18 Å². The molecule has 0 aromatic heterocycles. The highest BCUT2D eigenvalue weighted by Crippen LogP contribution is 2.44. The molecule has 0 bridgehead atoms. The van der Waals surface area contributed by atoms with Crippen molar-refractivity contribution in [3.8, 4) is 5.75 Å². The predicted molar refractivity (Wildman–Crippen MR) is 111 cm³/mol. The Kier molecular flexibility index (Phi) is 6.60. The number of hydrazine groups is 1. The van der Waals surface area contributed by atoms with E-state index in [2.05, 4.69) is 12.3 Å². The molecule has 0 saturated carbocycles. The number of alkyl halides is 3. The van der Waals surface area contributed by atoms with Gasteiger partial charge in [-0.05, 0) is 37.3 Å². The van der Waals surface area contributed by atoms with Crippen LogP contribution in [0.5, 0.6) is 5.75 Å². The Balaban J connectivity index is 2.01. The molecule has 0 unspecified atom stereocenters. The van der Waals surface area contributed by atoms with Crippen LogP contribution in [0.25, 0.3) is 10.8 Å². The summed E-state index contributed by atoms with van der Waals surface area (Å²) < 4.78 is 48.7. The summed E-state index contributed by atoms with van der Waals surface area (Å²) >= 11 is 0. The van der Waals surface area contributed by atoms with Crippen LogP contribution in [0.4, 0.5) is 13.2 Å². The van der Waals surface area contributed by atoms with Gasteiger partial charge in [-0.2, -0.15) is 13.2 Å². The first-order valence-electron chi connectivity index (χ1n) is 10.4. The van der Waals surface area contributed by atoms with Crippen LogP contribution < -0.4 is 10.2 Å². The third kappa shape index (κ3) is 4.72. The van der Waals surface area contributed by atoms with Crippen LogP contribution in [-0.4, -0.2) is 30.2 Å². The van der Waals surface area contributed by atoms with Crippen molar-refractivity contribution >= 4 is 16.7 Å². The number of halogens is 3. The Hall–Kier alpha value is -2.28. The van der Waals surface area contributed by atoms with Gasteiger partial charge in [-0.3, -0.25) is 10.2 Å². The zero-order valence-corrected chi connectivity index (χ0v) is 17.7. The van der Waals surface area contributed by atoms with Crippen molar-refractivity contribution in [2.75, 3.05) is 13.2 Å². The van der Waals surface area contributed by atoms with E-state index in [0.29, 0.717) is 23.1 Å². The summed E-state index contributed by atoms with van der Waals surface area (Å²) in [6.45, 7) is 5.82. The molecule has 1 fully saturated rings. The molecule has 1 aliphatic heterocycles. The molecule has 164 valence electrons. The standard InChI is InChI=1S/C23H29F3N2O2/c1-4-5-6-7-14-30-18-13-9-11-16-10-8-12-17(19(16)18)20(23(24,25)26)28-15-22(2,3)21(29)27-28/h8-13,20H,4-7,14-15H2,1-3H3,(H,27,29)/t20-/m0/s1. The highest BCUT2D eigenvalue weighted by atomic mass is 19.4. The second-order valence-electron chi connectivity index (χ2n) is 8.51. The predicted octanol–water partition coefficient (Wildman–Crippen LogP) is 5.78. The molecule has 1 N–H and O–H groups in total. The minimum absolute atomic E-state index is 0.0353. The number of unbranched alkanes of at least 4 members (excludes halogenated alkanes) is 3. The summed E-state index contributed by atoms with van der Waals surface area (Å²) in [6.07, 6.45) is -0.496. The number of hydrogen-bond donors (Lipinski definition) is 1. The number of carbonyl (C=O) groups excluding carboxylic acids is 1. The first-order chi connectivity index (χ1) is 14.1. The van der Waals surface area contributed by atoms with Crippen LogP contribution >= 0.6 is 0 Å². The quantitative estimate of drug-likeness (QED) is 0.549. The van der Waals surface area contributed by atoms with Gasteiger partial charge in [0.25, 0.3) is 0 Å². The summed E-state index contributed by atoms with van der Waals surface area (Å²) in [7, 11) is 0. The molecule has 30 heavy (non-hydrogen) atoms. The second-order valence-corrected chi connectivity index (χ2v) is 8.51. The number of nitrogens with one attached hydrogen (secondary N) is 1. The fourth-order valence-electron chi connectivity index (χ4n) is 3.89. The van der Waals surface area contributed by atoms with Gasteiger partial charge in [-0.1, -0.05) is 56.5 Å². The summed E-state index contributed by atoms with van der Waals surface area (Å²) in [5.41, 5.74) is 1.62. The number of nitrogens with zero attached hydrogens (tertiary/aromatic N) is 1. The van der Waals surface area contributed by atoms with Crippen LogP contribution in [0.15, 0.2) is 36.4 Å². The number of amides is 1.